The maximum atomic E-state index is 14.4. The molecule has 0 bridgehead atoms. The number of alkyl halides is 1. The zero-order chi connectivity index (χ0) is 15.6. The Hall–Kier alpha value is -1.08. The summed E-state index contributed by atoms with van der Waals surface area (Å²) < 4.78 is 14.4. The first-order chi connectivity index (χ1) is 9.08. The van der Waals surface area contributed by atoms with Gasteiger partial charge in [0.05, 0.1) is 5.54 Å². The molecule has 1 heterocycles. The van der Waals surface area contributed by atoms with Gasteiger partial charge in [0, 0.05) is 13.1 Å². The Bertz CT molecular complexity index is 410. The minimum Gasteiger partial charge on any atom is -0.332 e. The van der Waals surface area contributed by atoms with Gasteiger partial charge in [0.25, 0.3) is 5.91 Å². The van der Waals surface area contributed by atoms with E-state index in [0.717, 1.165) is 0 Å². The van der Waals surface area contributed by atoms with E-state index < -0.39 is 5.67 Å². The third kappa shape index (κ3) is 3.96. The second-order valence-electron chi connectivity index (χ2n) is 6.68. The molecule has 0 atom stereocenters. The Morgan fingerprint density at radius 3 is 2.20 bits per heavy atom. The van der Waals surface area contributed by atoms with Crippen LogP contribution in [-0.2, 0) is 4.79 Å². The van der Waals surface area contributed by atoms with E-state index in [1.165, 1.54) is 0 Å². The first kappa shape index (κ1) is 17.0. The van der Waals surface area contributed by atoms with Crippen molar-refractivity contribution in [3.05, 3.63) is 0 Å². The molecule has 1 aliphatic heterocycles. The molecule has 1 saturated heterocycles. The highest BCUT2D eigenvalue weighted by Gasteiger charge is 2.38. The number of rotatable bonds is 2. The standard InChI is InChI=1S/C16H27FN2O/c1-13(2)16(17)9-11-19(12-10-16)14(20)7-8-15(3,4)18(5)6/h13H,9-12H2,1-6H3. The topological polar surface area (TPSA) is 23.6 Å². The summed E-state index contributed by atoms with van der Waals surface area (Å²) in [6.45, 7) is 8.66. The van der Waals surface area contributed by atoms with Gasteiger partial charge >= 0.3 is 0 Å². The van der Waals surface area contributed by atoms with Crippen molar-refractivity contribution in [1.29, 1.82) is 0 Å². The molecule has 20 heavy (non-hydrogen) atoms. The molecule has 3 nitrogen and oxygen atoms in total. The van der Waals surface area contributed by atoms with Crippen LogP contribution >= 0.6 is 0 Å². The molecule has 0 aromatic carbocycles. The first-order valence-corrected chi connectivity index (χ1v) is 7.27. The maximum Gasteiger partial charge on any atom is 0.298 e. The predicted molar refractivity (Wildman–Crippen MR) is 80.0 cm³/mol. The summed E-state index contributed by atoms with van der Waals surface area (Å²) >= 11 is 0. The summed E-state index contributed by atoms with van der Waals surface area (Å²) in [4.78, 5) is 15.7. The van der Waals surface area contributed by atoms with Gasteiger partial charge in [0.15, 0.2) is 0 Å². The first-order valence-electron chi connectivity index (χ1n) is 7.27. The fraction of sp³-hybridized carbons (Fsp3) is 0.812. The molecule has 0 aromatic rings. The second-order valence-corrected chi connectivity index (χ2v) is 6.68. The lowest BCUT2D eigenvalue weighted by molar-refractivity contribution is -0.128. The minimum atomic E-state index is -1.13. The SMILES string of the molecule is CC(C)C1(F)CCN(C(=O)C#CC(C)(C)N(C)C)CC1. The molecule has 0 radical (unpaired) electrons. The van der Waals surface area contributed by atoms with E-state index in [1.807, 2.05) is 46.7 Å². The van der Waals surface area contributed by atoms with Gasteiger partial charge in [-0.3, -0.25) is 9.69 Å². The lowest BCUT2D eigenvalue weighted by Crippen LogP contribution is -2.46. The number of likely N-dealkylation sites (tertiary alicyclic amines) is 1. The molecule has 0 unspecified atom stereocenters. The van der Waals surface area contributed by atoms with Gasteiger partial charge in [0.1, 0.15) is 5.67 Å². The average Bonchev–Trinajstić information content (AvgIpc) is 2.36. The molecule has 1 amide bonds. The monoisotopic (exact) mass is 282 g/mol. The lowest BCUT2D eigenvalue weighted by Gasteiger charge is -2.38. The molecule has 1 aliphatic rings. The maximum absolute atomic E-state index is 14.4. The van der Waals surface area contributed by atoms with Crippen LogP contribution in [0.3, 0.4) is 0 Å². The number of hydrogen-bond acceptors (Lipinski definition) is 2. The number of halogens is 1. The van der Waals surface area contributed by atoms with Crippen molar-refractivity contribution in [2.75, 3.05) is 27.2 Å². The number of hydrogen-bond donors (Lipinski definition) is 0. The van der Waals surface area contributed by atoms with Crippen LogP contribution in [0.1, 0.15) is 40.5 Å². The largest absolute Gasteiger partial charge is 0.332 e. The van der Waals surface area contributed by atoms with Crippen molar-refractivity contribution in [1.82, 2.24) is 9.80 Å². The summed E-state index contributed by atoms with van der Waals surface area (Å²) in [5, 5.41) is 0. The molecule has 4 heteroatoms. The smallest absolute Gasteiger partial charge is 0.298 e. The lowest BCUT2D eigenvalue weighted by atomic mass is 9.83. The number of carbonyl (C=O) groups is 1. The average molecular weight is 282 g/mol. The molecular weight excluding hydrogens is 255 g/mol. The molecule has 0 N–H and O–H groups in total. The van der Waals surface area contributed by atoms with Crippen molar-refractivity contribution < 1.29 is 9.18 Å². The van der Waals surface area contributed by atoms with Gasteiger partial charge < -0.3 is 4.90 Å². The molecule has 0 saturated carbocycles. The molecular formula is C16H27FN2O. The van der Waals surface area contributed by atoms with E-state index in [4.69, 9.17) is 0 Å². The van der Waals surface area contributed by atoms with E-state index in [0.29, 0.717) is 25.9 Å². The van der Waals surface area contributed by atoms with Crippen molar-refractivity contribution in [3.63, 3.8) is 0 Å². The highest BCUT2D eigenvalue weighted by molar-refractivity contribution is 5.93. The van der Waals surface area contributed by atoms with Crippen LogP contribution < -0.4 is 0 Å². The third-order valence-electron chi connectivity index (χ3n) is 4.51. The molecule has 114 valence electrons. The van der Waals surface area contributed by atoms with Crippen molar-refractivity contribution >= 4 is 5.91 Å². The van der Waals surface area contributed by atoms with Gasteiger partial charge in [-0.2, -0.15) is 0 Å². The molecule has 0 aromatic heterocycles. The Kier molecular flexibility index (Phi) is 5.21. The van der Waals surface area contributed by atoms with E-state index >= 15 is 0 Å². The summed E-state index contributed by atoms with van der Waals surface area (Å²) in [5.74, 6) is 5.50. The second kappa shape index (κ2) is 6.13. The third-order valence-corrected chi connectivity index (χ3v) is 4.51. The van der Waals surface area contributed by atoms with Crippen molar-refractivity contribution in [2.24, 2.45) is 5.92 Å². The zero-order valence-corrected chi connectivity index (χ0v) is 13.6. The molecule has 0 spiro atoms. The van der Waals surface area contributed by atoms with Crippen molar-refractivity contribution in [2.45, 2.75) is 51.7 Å². The summed E-state index contributed by atoms with van der Waals surface area (Å²) in [7, 11) is 3.86. The van der Waals surface area contributed by atoms with Gasteiger partial charge in [0.2, 0.25) is 0 Å². The van der Waals surface area contributed by atoms with Gasteiger partial charge in [-0.1, -0.05) is 19.8 Å². The Morgan fingerprint density at radius 2 is 1.80 bits per heavy atom. The van der Waals surface area contributed by atoms with Crippen LogP contribution in [0.2, 0.25) is 0 Å². The fourth-order valence-corrected chi connectivity index (χ4v) is 2.06. The highest BCUT2D eigenvalue weighted by Crippen LogP contribution is 2.33. The Balaban J connectivity index is 2.63. The van der Waals surface area contributed by atoms with Gasteiger partial charge in [-0.05, 0) is 52.6 Å². The molecule has 1 fully saturated rings. The normalized spacial score (nSPS) is 18.9. The van der Waals surface area contributed by atoms with Crippen LogP contribution in [0, 0.1) is 17.8 Å². The van der Waals surface area contributed by atoms with Crippen LogP contribution in [0.15, 0.2) is 0 Å². The van der Waals surface area contributed by atoms with E-state index in [9.17, 15) is 9.18 Å². The van der Waals surface area contributed by atoms with E-state index in [-0.39, 0.29) is 17.4 Å². The summed E-state index contributed by atoms with van der Waals surface area (Å²) in [6, 6.07) is 0. The predicted octanol–water partition coefficient (Wildman–Crippen LogP) is 2.32. The van der Waals surface area contributed by atoms with E-state index in [1.54, 1.807) is 4.90 Å². The van der Waals surface area contributed by atoms with E-state index in [2.05, 4.69) is 11.8 Å². The minimum absolute atomic E-state index is 0.00138. The summed E-state index contributed by atoms with van der Waals surface area (Å²) in [6.07, 6.45) is 0.824. The van der Waals surface area contributed by atoms with Crippen LogP contribution in [0.25, 0.3) is 0 Å². The van der Waals surface area contributed by atoms with Gasteiger partial charge in [-0.25, -0.2) is 4.39 Å². The number of amides is 1. The number of nitrogens with zero attached hydrogens (tertiary/aromatic N) is 2. The van der Waals surface area contributed by atoms with Crippen LogP contribution in [0.5, 0.6) is 0 Å². The quantitative estimate of drug-likeness (QED) is 0.726. The number of piperidine rings is 1. The van der Waals surface area contributed by atoms with Crippen molar-refractivity contribution in [3.8, 4) is 11.8 Å². The molecule has 0 aliphatic carbocycles. The fourth-order valence-electron chi connectivity index (χ4n) is 2.06. The Labute approximate surface area is 122 Å². The zero-order valence-electron chi connectivity index (χ0n) is 13.6. The Morgan fingerprint density at radius 1 is 1.30 bits per heavy atom. The van der Waals surface area contributed by atoms with Crippen LogP contribution in [0.4, 0.5) is 4.39 Å². The van der Waals surface area contributed by atoms with Crippen LogP contribution in [-0.4, -0.2) is 54.1 Å². The van der Waals surface area contributed by atoms with Gasteiger partial charge in [-0.15, -0.1) is 0 Å². The summed E-state index contributed by atoms with van der Waals surface area (Å²) in [5.41, 5.74) is -1.47. The highest BCUT2D eigenvalue weighted by atomic mass is 19.1. The molecule has 1 rings (SSSR count). The number of carbonyl (C=O) groups excluding carboxylic acids is 1.